The quantitative estimate of drug-likeness (QED) is 0.561. The maximum absolute atomic E-state index is 11.0. The number of aliphatic carboxylic acids is 1. The summed E-state index contributed by atoms with van der Waals surface area (Å²) < 4.78 is 5.24. The van der Waals surface area contributed by atoms with Gasteiger partial charge in [-0.2, -0.15) is 0 Å². The molecule has 5 nitrogen and oxygen atoms in total. The van der Waals surface area contributed by atoms with Gasteiger partial charge < -0.3 is 19.6 Å². The van der Waals surface area contributed by atoms with Crippen LogP contribution in [0.5, 0.6) is 0 Å². The standard InChI is InChI=1S/C15H32N2O3/c1-5-16(6-2)11-9-12-17(7-3)13-10-14(15(18)19)20-8-4/h14H,5-13H2,1-4H3,(H,18,19). The summed E-state index contributed by atoms with van der Waals surface area (Å²) in [7, 11) is 0. The average Bonchev–Trinajstić information content (AvgIpc) is 2.45. The fraction of sp³-hybridized carbons (Fsp3) is 0.933. The normalized spacial score (nSPS) is 13.1. The monoisotopic (exact) mass is 288 g/mol. The Labute approximate surface area is 123 Å². The molecule has 0 aliphatic rings. The highest BCUT2D eigenvalue weighted by molar-refractivity contribution is 5.72. The maximum Gasteiger partial charge on any atom is 0.332 e. The molecule has 1 atom stereocenters. The van der Waals surface area contributed by atoms with E-state index in [1.807, 2.05) is 6.92 Å². The van der Waals surface area contributed by atoms with Crippen molar-refractivity contribution >= 4 is 5.97 Å². The van der Waals surface area contributed by atoms with E-state index in [9.17, 15) is 4.79 Å². The number of hydrogen-bond donors (Lipinski definition) is 1. The van der Waals surface area contributed by atoms with Gasteiger partial charge in [0.05, 0.1) is 0 Å². The topological polar surface area (TPSA) is 53.0 Å². The van der Waals surface area contributed by atoms with Crippen molar-refractivity contribution < 1.29 is 14.6 Å². The van der Waals surface area contributed by atoms with Crippen LogP contribution in [0.15, 0.2) is 0 Å². The van der Waals surface area contributed by atoms with Crippen LogP contribution >= 0.6 is 0 Å². The molecule has 0 aromatic heterocycles. The lowest BCUT2D eigenvalue weighted by atomic mass is 10.2. The van der Waals surface area contributed by atoms with Crippen LogP contribution in [0.1, 0.15) is 40.5 Å². The summed E-state index contributed by atoms with van der Waals surface area (Å²) >= 11 is 0. The van der Waals surface area contributed by atoms with Gasteiger partial charge in [0.1, 0.15) is 0 Å². The molecule has 0 saturated heterocycles. The van der Waals surface area contributed by atoms with Gasteiger partial charge in [0.25, 0.3) is 0 Å². The molecule has 0 spiro atoms. The summed E-state index contributed by atoms with van der Waals surface area (Å²) in [5, 5.41) is 9.05. The second kappa shape index (κ2) is 12.1. The van der Waals surface area contributed by atoms with Crippen LogP contribution in [0.25, 0.3) is 0 Å². The van der Waals surface area contributed by atoms with Gasteiger partial charge in [-0.15, -0.1) is 0 Å². The molecule has 0 fully saturated rings. The third-order valence-corrected chi connectivity index (χ3v) is 3.64. The van der Waals surface area contributed by atoms with Crippen molar-refractivity contribution in [2.45, 2.75) is 46.6 Å². The molecule has 0 aromatic carbocycles. The molecule has 120 valence electrons. The van der Waals surface area contributed by atoms with Gasteiger partial charge in [-0.25, -0.2) is 4.79 Å². The van der Waals surface area contributed by atoms with E-state index in [0.29, 0.717) is 13.0 Å². The van der Waals surface area contributed by atoms with E-state index in [1.54, 1.807) is 0 Å². The highest BCUT2D eigenvalue weighted by Gasteiger charge is 2.18. The third kappa shape index (κ3) is 8.51. The van der Waals surface area contributed by atoms with Gasteiger partial charge in [-0.05, 0) is 52.5 Å². The summed E-state index contributed by atoms with van der Waals surface area (Å²) in [6, 6.07) is 0. The zero-order chi connectivity index (χ0) is 15.4. The molecular weight excluding hydrogens is 256 g/mol. The molecule has 5 heteroatoms. The number of rotatable bonds is 13. The summed E-state index contributed by atoms with van der Waals surface area (Å²) in [4.78, 5) is 15.7. The lowest BCUT2D eigenvalue weighted by molar-refractivity contribution is -0.150. The molecule has 0 bridgehead atoms. The van der Waals surface area contributed by atoms with Crippen molar-refractivity contribution in [2.24, 2.45) is 0 Å². The van der Waals surface area contributed by atoms with Gasteiger partial charge in [-0.1, -0.05) is 20.8 Å². The second-order valence-corrected chi connectivity index (χ2v) is 4.89. The van der Waals surface area contributed by atoms with Gasteiger partial charge in [0, 0.05) is 13.2 Å². The van der Waals surface area contributed by atoms with E-state index in [-0.39, 0.29) is 0 Å². The van der Waals surface area contributed by atoms with Crippen LogP contribution in [-0.2, 0) is 9.53 Å². The lowest BCUT2D eigenvalue weighted by Gasteiger charge is -2.24. The van der Waals surface area contributed by atoms with Crippen LogP contribution in [0, 0.1) is 0 Å². The molecule has 1 unspecified atom stereocenters. The van der Waals surface area contributed by atoms with E-state index in [2.05, 4.69) is 30.6 Å². The number of nitrogens with zero attached hydrogens (tertiary/aromatic N) is 2. The summed E-state index contributed by atoms with van der Waals surface area (Å²) in [5.74, 6) is -0.856. The smallest absolute Gasteiger partial charge is 0.332 e. The predicted octanol–water partition coefficient (Wildman–Crippen LogP) is 1.92. The second-order valence-electron chi connectivity index (χ2n) is 4.89. The first-order valence-electron chi connectivity index (χ1n) is 7.87. The fourth-order valence-electron chi connectivity index (χ4n) is 2.26. The predicted molar refractivity (Wildman–Crippen MR) is 82.2 cm³/mol. The summed E-state index contributed by atoms with van der Waals surface area (Å²) in [6.45, 7) is 14.8. The molecule has 0 aliphatic carbocycles. The summed E-state index contributed by atoms with van der Waals surface area (Å²) in [5.41, 5.74) is 0. The van der Waals surface area contributed by atoms with Crippen molar-refractivity contribution in [3.8, 4) is 0 Å². The molecule has 0 rings (SSSR count). The molecule has 20 heavy (non-hydrogen) atoms. The summed E-state index contributed by atoms with van der Waals surface area (Å²) in [6.07, 6.45) is 1.02. The Bertz CT molecular complexity index is 245. The van der Waals surface area contributed by atoms with Crippen molar-refractivity contribution in [3.63, 3.8) is 0 Å². The number of carboxylic acids is 1. The molecule has 0 heterocycles. The first kappa shape index (κ1) is 19.4. The molecule has 1 N–H and O–H groups in total. The highest BCUT2D eigenvalue weighted by Crippen LogP contribution is 2.03. The molecule has 0 radical (unpaired) electrons. The van der Waals surface area contributed by atoms with Crippen molar-refractivity contribution in [2.75, 3.05) is 45.9 Å². The zero-order valence-electron chi connectivity index (χ0n) is 13.6. The first-order chi connectivity index (χ1) is 9.58. The Balaban J connectivity index is 3.98. The van der Waals surface area contributed by atoms with Crippen LogP contribution < -0.4 is 0 Å². The number of carbonyl (C=O) groups is 1. The first-order valence-corrected chi connectivity index (χ1v) is 7.87. The fourth-order valence-corrected chi connectivity index (χ4v) is 2.26. The average molecular weight is 288 g/mol. The number of carboxylic acid groups (broad SMARTS) is 1. The van der Waals surface area contributed by atoms with Crippen molar-refractivity contribution in [1.29, 1.82) is 0 Å². The Hall–Kier alpha value is -0.650. The van der Waals surface area contributed by atoms with E-state index < -0.39 is 12.1 Å². The molecule has 0 aliphatic heterocycles. The molecule has 0 aromatic rings. The van der Waals surface area contributed by atoms with Crippen molar-refractivity contribution in [1.82, 2.24) is 9.80 Å². The lowest BCUT2D eigenvalue weighted by Crippen LogP contribution is -2.34. The van der Waals surface area contributed by atoms with Crippen LogP contribution in [0.3, 0.4) is 0 Å². The highest BCUT2D eigenvalue weighted by atomic mass is 16.5. The maximum atomic E-state index is 11.0. The largest absolute Gasteiger partial charge is 0.479 e. The zero-order valence-corrected chi connectivity index (χ0v) is 13.6. The van der Waals surface area contributed by atoms with Crippen LogP contribution in [-0.4, -0.2) is 72.9 Å². The van der Waals surface area contributed by atoms with Gasteiger partial charge >= 0.3 is 5.97 Å². The van der Waals surface area contributed by atoms with E-state index >= 15 is 0 Å². The minimum Gasteiger partial charge on any atom is -0.479 e. The van der Waals surface area contributed by atoms with Gasteiger partial charge in [-0.3, -0.25) is 0 Å². The van der Waals surface area contributed by atoms with Gasteiger partial charge in [0.15, 0.2) is 6.10 Å². The van der Waals surface area contributed by atoms with E-state index in [4.69, 9.17) is 9.84 Å². The van der Waals surface area contributed by atoms with Crippen molar-refractivity contribution in [3.05, 3.63) is 0 Å². The third-order valence-electron chi connectivity index (χ3n) is 3.64. The van der Waals surface area contributed by atoms with Crippen LogP contribution in [0.2, 0.25) is 0 Å². The number of ether oxygens (including phenoxy) is 1. The van der Waals surface area contributed by atoms with Gasteiger partial charge in [0.2, 0.25) is 0 Å². The van der Waals surface area contributed by atoms with Crippen LogP contribution in [0.4, 0.5) is 0 Å². The molecule has 0 amide bonds. The minimum atomic E-state index is -0.856. The van der Waals surface area contributed by atoms with E-state index in [0.717, 1.165) is 45.7 Å². The Kier molecular flexibility index (Phi) is 11.7. The Morgan fingerprint density at radius 2 is 1.55 bits per heavy atom. The van der Waals surface area contributed by atoms with E-state index in [1.165, 1.54) is 0 Å². The minimum absolute atomic E-state index is 0.449. The Morgan fingerprint density at radius 3 is 2.00 bits per heavy atom. The SMILES string of the molecule is CCOC(CCN(CC)CCCN(CC)CC)C(=O)O. The Morgan fingerprint density at radius 1 is 1.00 bits per heavy atom. The number of hydrogen-bond acceptors (Lipinski definition) is 4. The molecule has 0 saturated carbocycles. The molecular formula is C15H32N2O3.